The molecule has 3 nitrogen and oxygen atoms in total. The minimum atomic E-state index is -3.23. The second kappa shape index (κ2) is 2.95. The molecule has 0 N–H and O–H groups in total. The third-order valence-corrected chi connectivity index (χ3v) is 5.94. The number of hydrogen-bond donors (Lipinski definition) is 0. The zero-order chi connectivity index (χ0) is 11.4. The molecule has 1 saturated heterocycles. The summed E-state index contributed by atoms with van der Waals surface area (Å²) in [6, 6.07) is 0. The van der Waals surface area contributed by atoms with Crippen LogP contribution >= 0.6 is 0 Å². The van der Waals surface area contributed by atoms with E-state index in [1.807, 2.05) is 12.2 Å². The van der Waals surface area contributed by atoms with Crippen molar-refractivity contribution in [2.45, 2.75) is 43.0 Å². The van der Waals surface area contributed by atoms with Crippen molar-refractivity contribution in [1.29, 1.82) is 0 Å². The lowest BCUT2D eigenvalue weighted by Crippen LogP contribution is -2.42. The lowest BCUT2D eigenvalue weighted by atomic mass is 10.0. The van der Waals surface area contributed by atoms with Crippen LogP contribution < -0.4 is 0 Å². The van der Waals surface area contributed by atoms with Crippen molar-refractivity contribution in [2.75, 3.05) is 0 Å². The first kappa shape index (κ1) is 10.9. The Morgan fingerprint density at radius 1 is 1.33 bits per heavy atom. The van der Waals surface area contributed by atoms with Crippen LogP contribution in [0.25, 0.3) is 0 Å². The van der Waals surface area contributed by atoms with Crippen LogP contribution in [-0.2, 0) is 14.6 Å². The molecule has 0 saturated carbocycles. The molecule has 0 aromatic heterocycles. The normalized spacial score (nSPS) is 35.1. The summed E-state index contributed by atoms with van der Waals surface area (Å²) in [5.41, 5.74) is 0.678. The predicted octanol–water partition coefficient (Wildman–Crippen LogP) is 1.46. The number of sulfone groups is 1. The van der Waals surface area contributed by atoms with E-state index in [9.17, 15) is 8.42 Å². The lowest BCUT2D eigenvalue weighted by molar-refractivity contribution is 0.128. The molecule has 2 aliphatic rings. The fraction of sp³-hybridized carbons (Fsp3) is 0.636. The molecule has 0 radical (unpaired) electrons. The standard InChI is InChI=1S/C11H16O3S/c1-7-8-5-6-9(14-8)10(7)15(12,13)11(2,3)4/h5-6,8-10H,1H2,2-4H3/t8-,9+,10+/m1/s1. The number of hydrogen-bond acceptors (Lipinski definition) is 3. The van der Waals surface area contributed by atoms with Gasteiger partial charge in [0.15, 0.2) is 9.84 Å². The minimum absolute atomic E-state index is 0.197. The van der Waals surface area contributed by atoms with Gasteiger partial charge in [-0.15, -0.1) is 0 Å². The van der Waals surface area contributed by atoms with Gasteiger partial charge < -0.3 is 4.74 Å². The summed E-state index contributed by atoms with van der Waals surface area (Å²) in [5, 5.41) is -0.563. The number of fused-ring (bicyclic) bond motifs is 2. The van der Waals surface area contributed by atoms with Crippen LogP contribution in [0.5, 0.6) is 0 Å². The van der Waals surface area contributed by atoms with Gasteiger partial charge in [-0.05, 0) is 26.3 Å². The maximum atomic E-state index is 12.3. The third kappa shape index (κ3) is 1.39. The van der Waals surface area contributed by atoms with E-state index in [-0.39, 0.29) is 12.2 Å². The molecule has 3 atom stereocenters. The fourth-order valence-electron chi connectivity index (χ4n) is 1.98. The highest BCUT2D eigenvalue weighted by Gasteiger charge is 2.51. The monoisotopic (exact) mass is 228 g/mol. The van der Waals surface area contributed by atoms with E-state index < -0.39 is 19.8 Å². The SMILES string of the molecule is C=C1[C@H]2C=C[C@H](O2)[C@H]1S(=O)(=O)C(C)(C)C. The van der Waals surface area contributed by atoms with Crippen LogP contribution in [0.3, 0.4) is 0 Å². The maximum Gasteiger partial charge on any atom is 0.164 e. The highest BCUT2D eigenvalue weighted by molar-refractivity contribution is 7.93. The van der Waals surface area contributed by atoms with Gasteiger partial charge in [0.1, 0.15) is 5.25 Å². The van der Waals surface area contributed by atoms with Gasteiger partial charge in [0.05, 0.1) is 17.0 Å². The van der Waals surface area contributed by atoms with Gasteiger partial charge in [-0.25, -0.2) is 8.42 Å². The molecule has 1 fully saturated rings. The van der Waals surface area contributed by atoms with E-state index in [2.05, 4.69) is 6.58 Å². The summed E-state index contributed by atoms with van der Waals surface area (Å²) >= 11 is 0. The molecule has 0 unspecified atom stereocenters. The Morgan fingerprint density at radius 2 is 1.93 bits per heavy atom. The van der Waals surface area contributed by atoms with Gasteiger partial charge in [0, 0.05) is 0 Å². The summed E-state index contributed by atoms with van der Waals surface area (Å²) in [7, 11) is -3.23. The topological polar surface area (TPSA) is 43.4 Å². The van der Waals surface area contributed by atoms with E-state index in [1.54, 1.807) is 20.8 Å². The molecule has 4 heteroatoms. The van der Waals surface area contributed by atoms with Crippen LogP contribution in [0.1, 0.15) is 20.8 Å². The van der Waals surface area contributed by atoms with Gasteiger partial charge in [-0.3, -0.25) is 0 Å². The first-order valence-corrected chi connectivity index (χ1v) is 6.56. The van der Waals surface area contributed by atoms with Crippen molar-refractivity contribution in [3.63, 3.8) is 0 Å². The molecule has 0 amide bonds. The zero-order valence-corrected chi connectivity index (χ0v) is 10.0. The Morgan fingerprint density at radius 3 is 2.33 bits per heavy atom. The highest BCUT2D eigenvalue weighted by Crippen LogP contribution is 2.40. The van der Waals surface area contributed by atoms with Gasteiger partial charge >= 0.3 is 0 Å². The van der Waals surface area contributed by atoms with Gasteiger partial charge in [0.2, 0.25) is 0 Å². The summed E-state index contributed by atoms with van der Waals surface area (Å²) in [4.78, 5) is 0. The predicted molar refractivity (Wildman–Crippen MR) is 59.4 cm³/mol. The molecule has 15 heavy (non-hydrogen) atoms. The average molecular weight is 228 g/mol. The molecule has 2 aliphatic heterocycles. The van der Waals surface area contributed by atoms with Crippen molar-refractivity contribution in [3.8, 4) is 0 Å². The smallest absolute Gasteiger partial charge is 0.164 e. The van der Waals surface area contributed by atoms with E-state index in [0.717, 1.165) is 0 Å². The molecule has 2 bridgehead atoms. The molecule has 84 valence electrons. The van der Waals surface area contributed by atoms with Crippen molar-refractivity contribution in [1.82, 2.24) is 0 Å². The Kier molecular flexibility index (Phi) is 2.14. The quantitative estimate of drug-likeness (QED) is 0.638. The molecule has 0 aromatic rings. The van der Waals surface area contributed by atoms with Gasteiger partial charge in [0.25, 0.3) is 0 Å². The molecular weight excluding hydrogens is 212 g/mol. The van der Waals surface area contributed by atoms with Crippen molar-refractivity contribution in [2.24, 2.45) is 0 Å². The zero-order valence-electron chi connectivity index (χ0n) is 9.23. The molecule has 2 rings (SSSR count). The van der Waals surface area contributed by atoms with Gasteiger partial charge in [-0.2, -0.15) is 0 Å². The van der Waals surface area contributed by atoms with Crippen molar-refractivity contribution in [3.05, 3.63) is 24.3 Å². The average Bonchev–Trinajstić information content (AvgIpc) is 2.60. The van der Waals surface area contributed by atoms with Crippen LogP contribution in [-0.4, -0.2) is 30.6 Å². The first-order valence-electron chi connectivity index (χ1n) is 5.01. The Labute approximate surface area is 90.7 Å². The Bertz CT molecular complexity index is 425. The van der Waals surface area contributed by atoms with E-state index >= 15 is 0 Å². The molecule has 2 heterocycles. The molecule has 0 aromatic carbocycles. The maximum absolute atomic E-state index is 12.3. The molecule has 0 aliphatic carbocycles. The summed E-state index contributed by atoms with van der Waals surface area (Å²) in [6.45, 7) is 8.98. The molecule has 0 spiro atoms. The van der Waals surface area contributed by atoms with Crippen LogP contribution in [0.15, 0.2) is 24.3 Å². The fourth-order valence-corrected chi connectivity index (χ4v) is 3.79. The van der Waals surface area contributed by atoms with Crippen molar-refractivity contribution < 1.29 is 13.2 Å². The van der Waals surface area contributed by atoms with Crippen LogP contribution in [0, 0.1) is 0 Å². The molecular formula is C11H16O3S. The second-order valence-corrected chi connectivity index (χ2v) is 7.88. The Hall–Kier alpha value is -0.610. The minimum Gasteiger partial charge on any atom is -0.361 e. The number of ether oxygens (including phenoxy) is 1. The summed E-state index contributed by atoms with van der Waals surface area (Å²) in [5.74, 6) is 0. The first-order chi connectivity index (χ1) is 6.75. The third-order valence-electron chi connectivity index (χ3n) is 3.00. The number of rotatable bonds is 1. The highest BCUT2D eigenvalue weighted by atomic mass is 32.2. The van der Waals surface area contributed by atoms with Gasteiger partial charge in [-0.1, -0.05) is 18.7 Å². The van der Waals surface area contributed by atoms with E-state index in [0.29, 0.717) is 5.57 Å². The second-order valence-electron chi connectivity index (χ2n) is 5.06. The van der Waals surface area contributed by atoms with Crippen molar-refractivity contribution >= 4 is 9.84 Å². The lowest BCUT2D eigenvalue weighted by Gasteiger charge is -2.27. The summed E-state index contributed by atoms with van der Waals surface area (Å²) in [6.07, 6.45) is 3.18. The van der Waals surface area contributed by atoms with Crippen LogP contribution in [0.4, 0.5) is 0 Å². The van der Waals surface area contributed by atoms with Crippen LogP contribution in [0.2, 0.25) is 0 Å². The summed E-state index contributed by atoms with van der Waals surface area (Å²) < 4.78 is 29.3. The Balaban J connectivity index is 2.42. The van der Waals surface area contributed by atoms with E-state index in [4.69, 9.17) is 4.74 Å². The van der Waals surface area contributed by atoms with E-state index in [1.165, 1.54) is 0 Å². The largest absolute Gasteiger partial charge is 0.361 e.